The van der Waals surface area contributed by atoms with Crippen LogP contribution < -0.4 is 0 Å². The molecule has 4 heteroatoms. The number of carbonyl (C=O) groups is 2. The molecule has 5 aliphatic rings. The van der Waals surface area contributed by atoms with Gasteiger partial charge < -0.3 is 14.6 Å². The normalized spacial score (nSPS) is 52.2. The first kappa shape index (κ1) is 24.2. The molecule has 0 heterocycles. The van der Waals surface area contributed by atoms with Gasteiger partial charge in [0.25, 0.3) is 0 Å². The van der Waals surface area contributed by atoms with Gasteiger partial charge in [-0.2, -0.15) is 0 Å². The second-order valence-electron chi connectivity index (χ2n) is 13.6. The van der Waals surface area contributed by atoms with Crippen LogP contribution in [-0.4, -0.2) is 36.0 Å². The Hall–Kier alpha value is -1.52. The van der Waals surface area contributed by atoms with Gasteiger partial charge in [-0.3, -0.25) is 4.79 Å². The number of fused-ring (bicyclic) bond motifs is 7. The number of aliphatic hydroxyl groups excluding tert-OH is 1. The highest BCUT2D eigenvalue weighted by molar-refractivity contribution is 5.99. The lowest BCUT2D eigenvalue weighted by atomic mass is 9.34. The van der Waals surface area contributed by atoms with E-state index in [-0.39, 0.29) is 32.9 Å². The van der Waals surface area contributed by atoms with E-state index in [1.54, 1.807) is 13.2 Å². The molecule has 3 fully saturated rings. The average Bonchev–Trinajstić information content (AvgIpc) is 2.81. The zero-order valence-electron chi connectivity index (χ0n) is 22.1. The second kappa shape index (κ2) is 7.03. The van der Waals surface area contributed by atoms with E-state index in [0.29, 0.717) is 5.92 Å². The number of ketones is 1. The minimum atomic E-state index is -1.19. The quantitative estimate of drug-likeness (QED) is 0.527. The molecule has 0 saturated heterocycles. The summed E-state index contributed by atoms with van der Waals surface area (Å²) in [5.41, 5.74) is 2.22. The molecule has 8 atom stereocenters. The molecule has 0 aliphatic heterocycles. The van der Waals surface area contributed by atoms with E-state index < -0.39 is 11.7 Å². The molecule has 5 aliphatic carbocycles. The van der Waals surface area contributed by atoms with Gasteiger partial charge in [-0.25, -0.2) is 0 Å². The minimum Gasteiger partial charge on any atom is -0.382 e. The molecule has 0 aromatic carbocycles. The molecule has 0 aromatic heterocycles. The molecular formula is C30H42O4. The van der Waals surface area contributed by atoms with Crippen molar-refractivity contribution in [1.82, 2.24) is 0 Å². The number of aldehydes is 1. The molecule has 4 nitrogen and oxygen atoms in total. The summed E-state index contributed by atoms with van der Waals surface area (Å²) in [5, 5.41) is 10.7. The van der Waals surface area contributed by atoms with E-state index in [4.69, 9.17) is 4.74 Å². The lowest BCUT2D eigenvalue weighted by Gasteiger charge is -2.70. The number of methoxy groups -OCH3 is 1. The number of rotatable bonds is 2. The van der Waals surface area contributed by atoms with Gasteiger partial charge in [0.2, 0.25) is 0 Å². The first-order chi connectivity index (χ1) is 15.7. The molecule has 0 amide bonds. The molecular weight excluding hydrogens is 424 g/mol. The van der Waals surface area contributed by atoms with Crippen LogP contribution in [0.3, 0.4) is 0 Å². The minimum absolute atomic E-state index is 0.0171. The van der Waals surface area contributed by atoms with Gasteiger partial charge in [0.05, 0.1) is 0 Å². The SMILES string of the molecule is CO[C@@]1(C)C2=CC=C3[C@@](C)(CC[C@@]4(C)[C@@H]5C[C@](C)(C=O)CC[C@]5(C)CC[C@]34C)C2=CC(=O)[C@@H]1O. The molecule has 5 rings (SSSR count). The summed E-state index contributed by atoms with van der Waals surface area (Å²) in [6.07, 6.45) is 13.6. The monoisotopic (exact) mass is 466 g/mol. The van der Waals surface area contributed by atoms with E-state index >= 15 is 0 Å². The standard InChI is InChI=1S/C30H42O4/c1-25(18-31)10-11-26(2)12-14-28(4)22-9-8-19-20(16-21(32)24(33)30(19,6)34-7)27(22,3)13-15-29(28,5)23(26)17-25/h8-9,16,18,23-24,33H,10-15,17H2,1-7H3/t23-,24+,25-,26-,27+,28-,29+,30+/m1/s1. The van der Waals surface area contributed by atoms with Crippen molar-refractivity contribution < 1.29 is 19.4 Å². The fourth-order valence-corrected chi connectivity index (χ4v) is 9.04. The van der Waals surface area contributed by atoms with Gasteiger partial charge in [0.1, 0.15) is 18.0 Å². The Morgan fingerprint density at radius 1 is 0.941 bits per heavy atom. The average molecular weight is 467 g/mol. The third kappa shape index (κ3) is 2.73. The van der Waals surface area contributed by atoms with Gasteiger partial charge in [-0.15, -0.1) is 0 Å². The Kier molecular flexibility index (Phi) is 5.00. The summed E-state index contributed by atoms with van der Waals surface area (Å²) in [7, 11) is 1.58. The van der Waals surface area contributed by atoms with Crippen LogP contribution in [0, 0.1) is 33.0 Å². The van der Waals surface area contributed by atoms with Crippen LogP contribution in [0.2, 0.25) is 0 Å². The van der Waals surface area contributed by atoms with E-state index in [9.17, 15) is 14.7 Å². The van der Waals surface area contributed by atoms with Crippen molar-refractivity contribution in [3.8, 4) is 0 Å². The summed E-state index contributed by atoms with van der Waals surface area (Å²) >= 11 is 0. The van der Waals surface area contributed by atoms with E-state index in [2.05, 4.69) is 46.8 Å². The lowest BCUT2D eigenvalue weighted by Crippen LogP contribution is -2.62. The third-order valence-electron chi connectivity index (χ3n) is 12.0. The van der Waals surface area contributed by atoms with Crippen LogP contribution in [0.5, 0.6) is 0 Å². The predicted molar refractivity (Wildman–Crippen MR) is 133 cm³/mol. The Morgan fingerprint density at radius 3 is 2.26 bits per heavy atom. The number of allylic oxidation sites excluding steroid dienone is 3. The van der Waals surface area contributed by atoms with Gasteiger partial charge >= 0.3 is 0 Å². The van der Waals surface area contributed by atoms with E-state index in [1.165, 1.54) is 18.3 Å². The van der Waals surface area contributed by atoms with E-state index in [0.717, 1.165) is 49.7 Å². The Balaban J connectivity index is 1.66. The molecule has 1 N–H and O–H groups in total. The summed E-state index contributed by atoms with van der Waals surface area (Å²) in [5.74, 6) is 0.231. The number of carbonyl (C=O) groups excluding carboxylic acids is 2. The fraction of sp³-hybridized carbons (Fsp3) is 0.733. The van der Waals surface area contributed by atoms with Crippen LogP contribution in [0.1, 0.15) is 86.5 Å². The first-order valence-electron chi connectivity index (χ1n) is 13.1. The molecule has 0 spiro atoms. The maximum atomic E-state index is 12.9. The summed E-state index contributed by atoms with van der Waals surface area (Å²) in [4.78, 5) is 25.0. The van der Waals surface area contributed by atoms with Gasteiger partial charge in [-0.1, -0.05) is 52.3 Å². The van der Waals surface area contributed by atoms with Crippen molar-refractivity contribution in [2.45, 2.75) is 98.2 Å². The van der Waals surface area contributed by atoms with Crippen molar-refractivity contribution in [2.24, 2.45) is 33.0 Å². The smallest absolute Gasteiger partial charge is 0.187 e. The van der Waals surface area contributed by atoms with Crippen LogP contribution in [0.4, 0.5) is 0 Å². The lowest BCUT2D eigenvalue weighted by molar-refractivity contribution is -0.164. The van der Waals surface area contributed by atoms with Crippen molar-refractivity contribution in [2.75, 3.05) is 7.11 Å². The van der Waals surface area contributed by atoms with Crippen LogP contribution >= 0.6 is 0 Å². The maximum absolute atomic E-state index is 12.9. The molecule has 0 radical (unpaired) electrons. The summed E-state index contributed by atoms with van der Waals surface area (Å²) in [6.45, 7) is 13.7. The molecule has 0 bridgehead atoms. The topological polar surface area (TPSA) is 63.6 Å². The van der Waals surface area contributed by atoms with Crippen LogP contribution in [0.25, 0.3) is 0 Å². The Morgan fingerprint density at radius 2 is 1.62 bits per heavy atom. The molecule has 34 heavy (non-hydrogen) atoms. The van der Waals surface area contributed by atoms with Crippen LogP contribution in [-0.2, 0) is 14.3 Å². The van der Waals surface area contributed by atoms with Crippen molar-refractivity contribution in [1.29, 1.82) is 0 Å². The van der Waals surface area contributed by atoms with Gasteiger partial charge in [0.15, 0.2) is 5.78 Å². The number of hydrogen-bond acceptors (Lipinski definition) is 4. The summed E-state index contributed by atoms with van der Waals surface area (Å²) < 4.78 is 5.78. The van der Waals surface area contributed by atoms with E-state index in [1.807, 2.05) is 6.92 Å². The zero-order valence-corrected chi connectivity index (χ0v) is 22.1. The van der Waals surface area contributed by atoms with Crippen molar-refractivity contribution in [3.05, 3.63) is 34.9 Å². The highest BCUT2D eigenvalue weighted by Crippen LogP contribution is 2.75. The second-order valence-corrected chi connectivity index (χ2v) is 13.6. The third-order valence-corrected chi connectivity index (χ3v) is 12.0. The number of ether oxygens (including phenoxy) is 1. The van der Waals surface area contributed by atoms with Crippen LogP contribution in [0.15, 0.2) is 34.9 Å². The predicted octanol–water partition coefficient (Wildman–Crippen LogP) is 5.75. The highest BCUT2D eigenvalue weighted by Gasteiger charge is 2.67. The number of aliphatic hydroxyl groups is 1. The first-order valence-corrected chi connectivity index (χ1v) is 13.1. The number of hydrogen-bond donors (Lipinski definition) is 1. The molecule has 0 unspecified atom stereocenters. The molecule has 3 saturated carbocycles. The van der Waals surface area contributed by atoms with Gasteiger partial charge in [-0.05, 0) is 91.3 Å². The Labute approximate surface area is 204 Å². The fourth-order valence-electron chi connectivity index (χ4n) is 9.04. The largest absolute Gasteiger partial charge is 0.382 e. The highest BCUT2D eigenvalue weighted by atomic mass is 16.5. The van der Waals surface area contributed by atoms with Gasteiger partial charge in [0, 0.05) is 17.9 Å². The van der Waals surface area contributed by atoms with Crippen molar-refractivity contribution in [3.63, 3.8) is 0 Å². The summed E-state index contributed by atoms with van der Waals surface area (Å²) in [6, 6.07) is 0. The Bertz CT molecular complexity index is 1050. The zero-order chi connectivity index (χ0) is 24.9. The van der Waals surface area contributed by atoms with Crippen molar-refractivity contribution >= 4 is 12.1 Å². The molecule has 186 valence electrons. The molecule has 0 aromatic rings. The maximum Gasteiger partial charge on any atom is 0.187 e.